The van der Waals surface area contributed by atoms with Crippen LogP contribution in [0, 0.1) is 22.7 Å². The minimum absolute atomic E-state index is 0.238. The highest BCUT2D eigenvalue weighted by Gasteiger charge is 2.39. The number of hydrogen-bond donors (Lipinski definition) is 3. The van der Waals surface area contributed by atoms with Crippen LogP contribution in [0.3, 0.4) is 0 Å². The predicted molar refractivity (Wildman–Crippen MR) is 145 cm³/mol. The number of halogens is 1. The van der Waals surface area contributed by atoms with Gasteiger partial charge >= 0.3 is 0 Å². The Balaban J connectivity index is 1.23. The molecule has 3 fully saturated rings. The zero-order valence-electron chi connectivity index (χ0n) is 21.7. The molecule has 1 aromatic carbocycles. The number of nitrogens with zero attached hydrogens (tertiary/aromatic N) is 8. The number of ether oxygens (including phenoxy) is 1. The SMILES string of the molecule is CC(C)(O)C1CN(C2CN(c3cc(C#N)cc(Nc4nc(NC5CC5)n5cc(C#N)nc5n4)c3Cl)C2)CCO1. The van der Waals surface area contributed by atoms with Crippen LogP contribution in [-0.4, -0.2) is 85.9 Å². The molecule has 3 aromatic rings. The van der Waals surface area contributed by atoms with Crippen LogP contribution in [0.25, 0.3) is 5.78 Å². The third kappa shape index (κ3) is 5.16. The van der Waals surface area contributed by atoms with Gasteiger partial charge in [0.05, 0.1) is 52.5 Å². The summed E-state index contributed by atoms with van der Waals surface area (Å²) in [5, 5.41) is 36.4. The molecule has 0 bridgehead atoms. The number of hydrogen-bond acceptors (Lipinski definition) is 11. The lowest BCUT2D eigenvalue weighted by Crippen LogP contribution is -2.64. The Morgan fingerprint density at radius 3 is 2.62 bits per heavy atom. The minimum Gasteiger partial charge on any atom is -0.388 e. The third-order valence-corrected chi connectivity index (χ3v) is 7.79. The van der Waals surface area contributed by atoms with Crippen molar-refractivity contribution in [2.75, 3.05) is 48.3 Å². The second kappa shape index (κ2) is 9.81. The van der Waals surface area contributed by atoms with Gasteiger partial charge < -0.3 is 25.4 Å². The summed E-state index contributed by atoms with van der Waals surface area (Å²) in [5.74, 6) is 1.13. The van der Waals surface area contributed by atoms with Gasteiger partial charge in [-0.3, -0.25) is 9.30 Å². The van der Waals surface area contributed by atoms with Gasteiger partial charge in [-0.25, -0.2) is 0 Å². The van der Waals surface area contributed by atoms with E-state index < -0.39 is 5.60 Å². The molecule has 12 nitrogen and oxygen atoms in total. The van der Waals surface area contributed by atoms with Gasteiger partial charge in [0.25, 0.3) is 0 Å². The van der Waals surface area contributed by atoms with Crippen LogP contribution in [0.2, 0.25) is 5.02 Å². The van der Waals surface area contributed by atoms with Crippen LogP contribution < -0.4 is 15.5 Å². The fourth-order valence-electron chi connectivity index (χ4n) is 4.93. The number of nitriles is 2. The van der Waals surface area contributed by atoms with E-state index in [4.69, 9.17) is 16.3 Å². The van der Waals surface area contributed by atoms with Crippen molar-refractivity contribution in [1.29, 1.82) is 10.5 Å². The summed E-state index contributed by atoms with van der Waals surface area (Å²) >= 11 is 6.88. The number of fused-ring (bicyclic) bond motifs is 1. The lowest BCUT2D eigenvalue weighted by Gasteiger charge is -2.50. The molecule has 4 heterocycles. The Hall–Kier alpha value is -3.68. The number of rotatable bonds is 7. The number of benzene rings is 1. The van der Waals surface area contributed by atoms with E-state index in [2.05, 4.69) is 41.5 Å². The first-order chi connectivity index (χ1) is 18.7. The van der Waals surface area contributed by atoms with Crippen LogP contribution in [0.1, 0.15) is 37.9 Å². The molecular formula is C26H29ClN10O2. The molecule has 0 amide bonds. The maximum Gasteiger partial charge on any atom is 0.241 e. The van der Waals surface area contributed by atoms with Crippen molar-refractivity contribution >= 4 is 40.7 Å². The molecule has 2 aliphatic heterocycles. The molecular weight excluding hydrogens is 520 g/mol. The predicted octanol–water partition coefficient (Wildman–Crippen LogP) is 2.50. The highest BCUT2D eigenvalue weighted by Crippen LogP contribution is 2.39. The van der Waals surface area contributed by atoms with E-state index in [0.717, 1.165) is 38.2 Å². The second-order valence-corrected chi connectivity index (χ2v) is 11.2. The Labute approximate surface area is 230 Å². The molecule has 1 unspecified atom stereocenters. The summed E-state index contributed by atoms with van der Waals surface area (Å²) < 4.78 is 7.44. The number of imidazole rings is 1. The standard InChI is InChI=1S/C26H29ClN10O2/c1-26(2,38)21-14-35(5-6-39-21)18-12-36(13-18)20-8-15(9-28)7-19(22(20)27)32-23-33-24(30-16-3-4-16)37-11-17(10-29)31-25(37)34-23/h7-8,11,16,18,21,38H,3-6,12-14H2,1-2H3,(H2,30,31,32,33,34). The van der Waals surface area contributed by atoms with Gasteiger partial charge in [0.1, 0.15) is 6.07 Å². The van der Waals surface area contributed by atoms with Crippen molar-refractivity contribution in [3.8, 4) is 12.1 Å². The summed E-state index contributed by atoms with van der Waals surface area (Å²) in [4.78, 5) is 17.9. The normalized spacial score (nSPS) is 20.4. The van der Waals surface area contributed by atoms with Gasteiger partial charge in [-0.15, -0.1) is 0 Å². The molecule has 13 heteroatoms. The number of anilines is 4. The van der Waals surface area contributed by atoms with Crippen LogP contribution >= 0.6 is 11.6 Å². The maximum absolute atomic E-state index is 10.4. The van der Waals surface area contributed by atoms with Crippen molar-refractivity contribution in [3.63, 3.8) is 0 Å². The number of aliphatic hydroxyl groups is 1. The fraction of sp³-hybridized carbons (Fsp3) is 0.500. The fourth-order valence-corrected chi connectivity index (χ4v) is 5.20. The highest BCUT2D eigenvalue weighted by molar-refractivity contribution is 6.36. The van der Waals surface area contributed by atoms with E-state index >= 15 is 0 Å². The monoisotopic (exact) mass is 548 g/mol. The Bertz CT molecular complexity index is 1490. The van der Waals surface area contributed by atoms with E-state index in [0.29, 0.717) is 53.2 Å². The molecule has 2 saturated heterocycles. The molecule has 0 radical (unpaired) electrons. The maximum atomic E-state index is 10.4. The second-order valence-electron chi connectivity index (χ2n) is 10.9. The van der Waals surface area contributed by atoms with Gasteiger partial charge in [-0.05, 0) is 38.8 Å². The average Bonchev–Trinajstić information content (AvgIpc) is 3.60. The zero-order chi connectivity index (χ0) is 27.3. The highest BCUT2D eigenvalue weighted by atomic mass is 35.5. The lowest BCUT2D eigenvalue weighted by atomic mass is 9.97. The number of nitrogens with one attached hydrogen (secondary N) is 2. The number of morpholine rings is 1. The average molecular weight is 549 g/mol. The minimum atomic E-state index is -0.904. The summed E-state index contributed by atoms with van der Waals surface area (Å²) in [5.41, 5.74) is 1.06. The van der Waals surface area contributed by atoms with Crippen LogP contribution in [-0.2, 0) is 4.74 Å². The van der Waals surface area contributed by atoms with Gasteiger partial charge in [-0.2, -0.15) is 25.5 Å². The van der Waals surface area contributed by atoms with E-state index in [1.807, 2.05) is 6.07 Å². The smallest absolute Gasteiger partial charge is 0.241 e. The van der Waals surface area contributed by atoms with E-state index in [1.165, 1.54) is 0 Å². The first-order valence-corrected chi connectivity index (χ1v) is 13.4. The van der Waals surface area contributed by atoms with Crippen molar-refractivity contribution in [3.05, 3.63) is 34.6 Å². The summed E-state index contributed by atoms with van der Waals surface area (Å²) in [7, 11) is 0. The first-order valence-electron chi connectivity index (χ1n) is 13.0. The van der Waals surface area contributed by atoms with Crippen molar-refractivity contribution < 1.29 is 9.84 Å². The summed E-state index contributed by atoms with van der Waals surface area (Å²) in [6.07, 6.45) is 3.46. The zero-order valence-corrected chi connectivity index (χ0v) is 22.5. The van der Waals surface area contributed by atoms with E-state index in [9.17, 15) is 15.6 Å². The number of aromatic nitrogens is 4. The van der Waals surface area contributed by atoms with Gasteiger partial charge in [0.2, 0.25) is 17.7 Å². The van der Waals surface area contributed by atoms with Crippen molar-refractivity contribution in [2.24, 2.45) is 0 Å². The van der Waals surface area contributed by atoms with Crippen molar-refractivity contribution in [2.45, 2.75) is 50.5 Å². The van der Waals surface area contributed by atoms with Crippen LogP contribution in [0.5, 0.6) is 0 Å². The van der Waals surface area contributed by atoms with Crippen molar-refractivity contribution in [1.82, 2.24) is 24.3 Å². The van der Waals surface area contributed by atoms with Gasteiger partial charge in [-0.1, -0.05) is 11.6 Å². The lowest BCUT2D eigenvalue weighted by molar-refractivity contribution is -0.135. The molecule has 6 rings (SSSR count). The first kappa shape index (κ1) is 25.6. The molecule has 0 spiro atoms. The van der Waals surface area contributed by atoms with E-state index in [1.54, 1.807) is 36.6 Å². The third-order valence-electron chi connectivity index (χ3n) is 7.39. The Morgan fingerprint density at radius 1 is 1.13 bits per heavy atom. The van der Waals surface area contributed by atoms with Gasteiger partial charge in [0.15, 0.2) is 5.69 Å². The van der Waals surface area contributed by atoms with Crippen LogP contribution in [0.4, 0.5) is 23.3 Å². The Morgan fingerprint density at radius 2 is 1.92 bits per heavy atom. The molecule has 1 saturated carbocycles. The molecule has 202 valence electrons. The summed E-state index contributed by atoms with van der Waals surface area (Å²) in [6.45, 7) is 7.10. The van der Waals surface area contributed by atoms with Gasteiger partial charge in [0, 0.05) is 38.3 Å². The molecule has 1 aliphatic carbocycles. The van der Waals surface area contributed by atoms with Crippen LogP contribution in [0.15, 0.2) is 18.3 Å². The topological polar surface area (TPSA) is 151 Å². The molecule has 2 aromatic heterocycles. The Kier molecular flexibility index (Phi) is 6.44. The molecule has 1 atom stereocenters. The molecule has 3 aliphatic rings. The summed E-state index contributed by atoms with van der Waals surface area (Å²) in [6, 6.07) is 8.35. The molecule has 3 N–H and O–H groups in total. The van der Waals surface area contributed by atoms with E-state index in [-0.39, 0.29) is 17.7 Å². The molecule has 39 heavy (non-hydrogen) atoms. The largest absolute Gasteiger partial charge is 0.388 e. The quantitative estimate of drug-likeness (QED) is 0.399.